The lowest BCUT2D eigenvalue weighted by Gasteiger charge is -2.61. The third-order valence-electron chi connectivity index (χ3n) is 5.37. The zero-order chi connectivity index (χ0) is 13.3. The smallest absolute Gasteiger partial charge is 0.0826 e. The molecule has 0 aromatic heterocycles. The van der Waals surface area contributed by atoms with Gasteiger partial charge in [0.1, 0.15) is 0 Å². The Morgan fingerprint density at radius 1 is 1.42 bits per heavy atom. The van der Waals surface area contributed by atoms with Crippen molar-refractivity contribution in [2.75, 3.05) is 39.9 Å². The molecule has 3 fully saturated rings. The fourth-order valence-corrected chi connectivity index (χ4v) is 3.99. The first kappa shape index (κ1) is 13.8. The van der Waals surface area contributed by atoms with E-state index in [-0.39, 0.29) is 0 Å². The van der Waals surface area contributed by atoms with E-state index in [2.05, 4.69) is 24.2 Å². The highest BCUT2D eigenvalue weighted by Crippen LogP contribution is 2.57. The molecule has 1 N–H and O–H groups in total. The van der Waals surface area contributed by atoms with E-state index in [0.29, 0.717) is 23.7 Å². The maximum Gasteiger partial charge on any atom is 0.0826 e. The van der Waals surface area contributed by atoms with Crippen LogP contribution < -0.4 is 5.32 Å². The van der Waals surface area contributed by atoms with Gasteiger partial charge in [0.15, 0.2) is 0 Å². The number of rotatable bonds is 5. The molecule has 19 heavy (non-hydrogen) atoms. The number of likely N-dealkylation sites (N-methyl/N-ethyl adjacent to an activating group) is 1. The van der Waals surface area contributed by atoms with Crippen molar-refractivity contribution in [3.8, 4) is 0 Å². The van der Waals surface area contributed by atoms with Gasteiger partial charge in [-0.25, -0.2) is 0 Å². The van der Waals surface area contributed by atoms with E-state index in [1.54, 1.807) is 0 Å². The summed E-state index contributed by atoms with van der Waals surface area (Å²) in [5, 5.41) is 3.76. The van der Waals surface area contributed by atoms with Gasteiger partial charge in [-0.2, -0.15) is 0 Å². The molecule has 0 bridgehead atoms. The number of hydrogen-bond acceptors (Lipinski definition) is 4. The minimum Gasteiger partial charge on any atom is -0.378 e. The molecule has 3 atom stereocenters. The van der Waals surface area contributed by atoms with Crippen molar-refractivity contribution in [2.24, 2.45) is 5.41 Å². The van der Waals surface area contributed by atoms with Crippen molar-refractivity contribution in [1.82, 2.24) is 10.2 Å². The van der Waals surface area contributed by atoms with Crippen molar-refractivity contribution in [3.05, 3.63) is 0 Å². The van der Waals surface area contributed by atoms with Gasteiger partial charge in [-0.3, -0.25) is 0 Å². The van der Waals surface area contributed by atoms with E-state index >= 15 is 0 Å². The summed E-state index contributed by atoms with van der Waals surface area (Å²) in [6.45, 7) is 6.96. The second kappa shape index (κ2) is 5.68. The Bertz CT molecular complexity index is 307. The second-order valence-electron chi connectivity index (χ2n) is 6.48. The summed E-state index contributed by atoms with van der Waals surface area (Å²) in [7, 11) is 2.18. The summed E-state index contributed by atoms with van der Waals surface area (Å²) in [5.41, 5.74) is 0.469. The van der Waals surface area contributed by atoms with E-state index in [4.69, 9.17) is 9.47 Å². The van der Waals surface area contributed by atoms with Gasteiger partial charge in [0.2, 0.25) is 0 Å². The molecule has 1 aliphatic heterocycles. The monoisotopic (exact) mass is 268 g/mol. The van der Waals surface area contributed by atoms with Crippen LogP contribution in [0.2, 0.25) is 0 Å². The van der Waals surface area contributed by atoms with Crippen LogP contribution in [0.3, 0.4) is 0 Å². The summed E-state index contributed by atoms with van der Waals surface area (Å²) in [5.74, 6) is 0. The van der Waals surface area contributed by atoms with E-state index < -0.39 is 0 Å². The molecule has 3 rings (SSSR count). The van der Waals surface area contributed by atoms with Crippen LogP contribution in [0.5, 0.6) is 0 Å². The molecule has 2 saturated carbocycles. The van der Waals surface area contributed by atoms with Crippen LogP contribution in [0.15, 0.2) is 0 Å². The number of ether oxygens (including phenoxy) is 2. The van der Waals surface area contributed by atoms with Gasteiger partial charge in [0, 0.05) is 37.7 Å². The lowest BCUT2D eigenvalue weighted by molar-refractivity contribution is -0.174. The SMILES string of the molecule is CCOC1CC(NCC2CN(C)CCO2)C12CCC2. The minimum absolute atomic E-state index is 0.363. The lowest BCUT2D eigenvalue weighted by atomic mass is 9.51. The molecular formula is C15H28N2O2. The molecule has 0 amide bonds. The van der Waals surface area contributed by atoms with Crippen molar-refractivity contribution < 1.29 is 9.47 Å². The van der Waals surface area contributed by atoms with E-state index in [0.717, 1.165) is 32.8 Å². The molecule has 0 aromatic rings. The third-order valence-corrected chi connectivity index (χ3v) is 5.37. The van der Waals surface area contributed by atoms with Gasteiger partial charge < -0.3 is 19.7 Å². The number of morpholine rings is 1. The van der Waals surface area contributed by atoms with Crippen molar-refractivity contribution in [3.63, 3.8) is 0 Å². The fraction of sp³-hybridized carbons (Fsp3) is 1.00. The van der Waals surface area contributed by atoms with Crippen LogP contribution in [0.4, 0.5) is 0 Å². The van der Waals surface area contributed by atoms with E-state index in [9.17, 15) is 0 Å². The van der Waals surface area contributed by atoms with Crippen LogP contribution in [-0.2, 0) is 9.47 Å². The average molecular weight is 268 g/mol. The molecule has 2 aliphatic carbocycles. The van der Waals surface area contributed by atoms with Crippen molar-refractivity contribution >= 4 is 0 Å². The quantitative estimate of drug-likeness (QED) is 0.814. The van der Waals surface area contributed by atoms with Gasteiger partial charge in [-0.1, -0.05) is 6.42 Å². The minimum atomic E-state index is 0.363. The highest BCUT2D eigenvalue weighted by atomic mass is 16.5. The predicted molar refractivity (Wildman–Crippen MR) is 75.3 cm³/mol. The lowest BCUT2D eigenvalue weighted by Crippen LogP contribution is -2.67. The Balaban J connectivity index is 1.46. The van der Waals surface area contributed by atoms with Gasteiger partial charge in [0.05, 0.1) is 18.8 Å². The standard InChI is InChI=1S/C15H28N2O2/c1-3-18-14-9-13(15(14)5-4-6-15)16-10-12-11-17(2)7-8-19-12/h12-14,16H,3-11H2,1-2H3. The Morgan fingerprint density at radius 3 is 2.89 bits per heavy atom. The summed E-state index contributed by atoms with van der Waals surface area (Å²) in [4.78, 5) is 2.36. The zero-order valence-electron chi connectivity index (χ0n) is 12.4. The molecule has 0 radical (unpaired) electrons. The highest BCUT2D eigenvalue weighted by molar-refractivity contribution is 5.12. The predicted octanol–water partition coefficient (Wildman–Crippen LogP) is 1.25. The van der Waals surface area contributed by atoms with Gasteiger partial charge >= 0.3 is 0 Å². The molecule has 1 heterocycles. The first-order valence-electron chi connectivity index (χ1n) is 7.90. The fourth-order valence-electron chi connectivity index (χ4n) is 3.99. The highest BCUT2D eigenvalue weighted by Gasteiger charge is 2.58. The molecule has 4 heteroatoms. The Hall–Kier alpha value is -0.160. The summed E-state index contributed by atoms with van der Waals surface area (Å²) in [6, 6.07) is 0.661. The topological polar surface area (TPSA) is 33.7 Å². The molecular weight excluding hydrogens is 240 g/mol. The van der Waals surface area contributed by atoms with E-state index in [1.165, 1.54) is 25.7 Å². The largest absolute Gasteiger partial charge is 0.378 e. The molecule has 1 saturated heterocycles. The number of hydrogen-bond donors (Lipinski definition) is 1. The Morgan fingerprint density at radius 2 is 2.26 bits per heavy atom. The molecule has 3 aliphatic rings. The molecule has 3 unspecified atom stereocenters. The molecule has 0 aromatic carbocycles. The van der Waals surface area contributed by atoms with Crippen LogP contribution in [0, 0.1) is 5.41 Å². The summed E-state index contributed by atoms with van der Waals surface area (Å²) in [6.07, 6.45) is 6.14. The van der Waals surface area contributed by atoms with E-state index in [1.807, 2.05) is 0 Å². The number of nitrogens with zero attached hydrogens (tertiary/aromatic N) is 1. The second-order valence-corrected chi connectivity index (χ2v) is 6.48. The molecule has 110 valence electrons. The number of nitrogens with one attached hydrogen (secondary N) is 1. The van der Waals surface area contributed by atoms with Crippen LogP contribution in [-0.4, -0.2) is 63.0 Å². The Labute approximate surface area is 116 Å². The van der Waals surface area contributed by atoms with Crippen LogP contribution in [0.25, 0.3) is 0 Å². The summed E-state index contributed by atoms with van der Waals surface area (Å²) < 4.78 is 11.7. The first-order valence-corrected chi connectivity index (χ1v) is 7.90. The zero-order valence-corrected chi connectivity index (χ0v) is 12.4. The first-order chi connectivity index (χ1) is 9.24. The molecule has 1 spiro atoms. The van der Waals surface area contributed by atoms with Crippen LogP contribution in [0.1, 0.15) is 32.6 Å². The summed E-state index contributed by atoms with van der Waals surface area (Å²) >= 11 is 0. The van der Waals surface area contributed by atoms with Gasteiger partial charge in [0.25, 0.3) is 0 Å². The maximum absolute atomic E-state index is 5.90. The third kappa shape index (κ3) is 2.56. The molecule has 4 nitrogen and oxygen atoms in total. The van der Waals surface area contributed by atoms with Gasteiger partial charge in [-0.15, -0.1) is 0 Å². The van der Waals surface area contributed by atoms with Crippen molar-refractivity contribution in [1.29, 1.82) is 0 Å². The maximum atomic E-state index is 5.90. The average Bonchev–Trinajstić information content (AvgIpc) is 2.31. The van der Waals surface area contributed by atoms with Gasteiger partial charge in [-0.05, 0) is 33.2 Å². The Kier molecular flexibility index (Phi) is 4.13. The normalized spacial score (nSPS) is 37.9. The van der Waals surface area contributed by atoms with Crippen molar-refractivity contribution in [2.45, 2.75) is 50.9 Å². The van der Waals surface area contributed by atoms with Crippen LogP contribution >= 0.6 is 0 Å².